The minimum Gasteiger partial charge on any atom is -0.453 e. The molecule has 10 nitrogen and oxygen atoms in total. The Labute approximate surface area is 289 Å². The third kappa shape index (κ3) is 5.87. The number of hydrogen-bond acceptors (Lipinski definition) is 7. The van der Waals surface area contributed by atoms with E-state index in [-0.39, 0.29) is 23.3 Å². The number of amides is 2. The highest BCUT2D eigenvalue weighted by Crippen LogP contribution is 2.49. The molecule has 3 unspecified atom stereocenters. The number of H-pyrrole nitrogens is 1. The Kier molecular flexibility index (Phi) is 8.69. The van der Waals surface area contributed by atoms with Gasteiger partial charge in [0.15, 0.2) is 0 Å². The molecule has 3 aromatic rings. The van der Waals surface area contributed by atoms with E-state index in [9.17, 15) is 9.59 Å². The minimum atomic E-state index is -0.669. The number of aromatic nitrogens is 2. The van der Waals surface area contributed by atoms with Crippen LogP contribution in [0, 0.1) is 5.92 Å². The van der Waals surface area contributed by atoms with Crippen molar-refractivity contribution >= 4 is 24.6 Å². The average Bonchev–Trinajstić information content (AvgIpc) is 3.91. The molecule has 1 aliphatic carbocycles. The largest absolute Gasteiger partial charge is 0.495 e. The van der Waals surface area contributed by atoms with E-state index in [1.165, 1.54) is 29.4 Å². The van der Waals surface area contributed by atoms with Gasteiger partial charge in [-0.05, 0) is 99.0 Å². The van der Waals surface area contributed by atoms with Crippen LogP contribution in [-0.4, -0.2) is 78.1 Å². The molecule has 1 aromatic heterocycles. The summed E-state index contributed by atoms with van der Waals surface area (Å²) in [6, 6.07) is 12.3. The molecule has 3 aliphatic heterocycles. The first kappa shape index (κ1) is 33.8. The van der Waals surface area contributed by atoms with Crippen molar-refractivity contribution in [2.75, 3.05) is 26.9 Å². The van der Waals surface area contributed by atoms with E-state index in [1.807, 2.05) is 24.9 Å². The van der Waals surface area contributed by atoms with Gasteiger partial charge in [0.25, 0.3) is 0 Å². The molecule has 3 fully saturated rings. The quantitative estimate of drug-likeness (QED) is 0.311. The highest BCUT2D eigenvalue weighted by atomic mass is 16.7. The topological polar surface area (TPSA) is 115 Å². The lowest BCUT2D eigenvalue weighted by atomic mass is 9.71. The Morgan fingerprint density at radius 1 is 1.04 bits per heavy atom. The first-order valence-electron chi connectivity index (χ1n) is 17.7. The molecule has 49 heavy (non-hydrogen) atoms. The summed E-state index contributed by atoms with van der Waals surface area (Å²) in [5, 5.41) is 2.72. The molecule has 11 heteroatoms. The molecule has 3 atom stereocenters. The molecule has 2 amide bonds. The Morgan fingerprint density at radius 3 is 2.41 bits per heavy atom. The van der Waals surface area contributed by atoms with Crippen LogP contribution in [-0.2, 0) is 35.4 Å². The second-order valence-electron chi connectivity index (χ2n) is 15.5. The molecule has 4 heterocycles. The van der Waals surface area contributed by atoms with Gasteiger partial charge in [0.05, 0.1) is 42.9 Å². The number of rotatable bonds is 7. The minimum absolute atomic E-state index is 0.00675. The van der Waals surface area contributed by atoms with Gasteiger partial charge in [0, 0.05) is 18.6 Å². The van der Waals surface area contributed by atoms with Gasteiger partial charge in [-0.25, -0.2) is 9.78 Å². The van der Waals surface area contributed by atoms with Crippen LogP contribution in [0.4, 0.5) is 4.79 Å². The standard InChI is InChI=1S/C38H49BN4O6/c1-23(2)32(42-35(45)46-7)34(44)43-19-8-9-30(43)33-40-21-29(41-33)25-12-10-24(11-13-25)26-14-15-28(39-48-36(3,4)37(5,6)49-39)27-16-17-38(31(26)27)18-20-47-22-38/h10-15,21,23,30,32H,8-9,16-20,22H2,1-7H3,(H,40,41)(H,42,45). The van der Waals surface area contributed by atoms with Crippen LogP contribution >= 0.6 is 0 Å². The summed E-state index contributed by atoms with van der Waals surface area (Å²) in [7, 11) is 0.910. The number of carbonyl (C=O) groups excluding carboxylic acids is 2. The maximum absolute atomic E-state index is 13.6. The summed E-state index contributed by atoms with van der Waals surface area (Å²) in [4.78, 5) is 35.6. The zero-order valence-electron chi connectivity index (χ0n) is 29.9. The van der Waals surface area contributed by atoms with E-state index in [2.05, 4.69) is 74.4 Å². The van der Waals surface area contributed by atoms with Crippen molar-refractivity contribution in [1.29, 1.82) is 0 Å². The number of aromatic amines is 1. The number of alkyl carbamates (subject to hydrolysis) is 1. The maximum atomic E-state index is 13.6. The molecular weight excluding hydrogens is 619 g/mol. The molecule has 260 valence electrons. The van der Waals surface area contributed by atoms with Crippen molar-refractivity contribution < 1.29 is 28.4 Å². The molecule has 4 aliphatic rings. The van der Waals surface area contributed by atoms with Crippen molar-refractivity contribution in [2.24, 2.45) is 5.92 Å². The normalized spacial score (nSPS) is 24.5. The molecule has 7 rings (SSSR count). The number of likely N-dealkylation sites (tertiary alicyclic amines) is 1. The first-order valence-corrected chi connectivity index (χ1v) is 17.7. The summed E-state index contributed by atoms with van der Waals surface area (Å²) in [6.07, 6.45) is 5.99. The Bertz CT molecular complexity index is 1710. The van der Waals surface area contributed by atoms with Crippen LogP contribution < -0.4 is 10.8 Å². The molecule has 3 saturated heterocycles. The fourth-order valence-corrected chi connectivity index (χ4v) is 8.14. The van der Waals surface area contributed by atoms with Crippen LogP contribution in [0.3, 0.4) is 0 Å². The number of hydrogen-bond donors (Lipinski definition) is 2. The van der Waals surface area contributed by atoms with Gasteiger partial charge in [-0.3, -0.25) is 4.79 Å². The van der Waals surface area contributed by atoms with Gasteiger partial charge in [-0.2, -0.15) is 0 Å². The number of fused-ring (bicyclic) bond motifs is 2. The van der Waals surface area contributed by atoms with Crippen LogP contribution in [0.1, 0.15) is 90.2 Å². The molecule has 0 bridgehead atoms. The lowest BCUT2D eigenvalue weighted by Gasteiger charge is -2.32. The van der Waals surface area contributed by atoms with Crippen molar-refractivity contribution in [3.8, 4) is 22.4 Å². The van der Waals surface area contributed by atoms with Gasteiger partial charge in [-0.15, -0.1) is 0 Å². The van der Waals surface area contributed by atoms with Gasteiger partial charge < -0.3 is 34.0 Å². The van der Waals surface area contributed by atoms with E-state index < -0.39 is 30.5 Å². The Hall–Kier alpha value is -3.67. The van der Waals surface area contributed by atoms with Crippen molar-refractivity contribution in [3.63, 3.8) is 0 Å². The number of carbonyl (C=O) groups is 2. The summed E-state index contributed by atoms with van der Waals surface area (Å²) in [5.74, 6) is 0.549. The summed E-state index contributed by atoms with van der Waals surface area (Å²) >= 11 is 0. The Morgan fingerprint density at radius 2 is 1.76 bits per heavy atom. The van der Waals surface area contributed by atoms with E-state index in [1.54, 1.807) is 0 Å². The lowest BCUT2D eigenvalue weighted by molar-refractivity contribution is -0.135. The third-order valence-corrected chi connectivity index (χ3v) is 11.7. The van der Waals surface area contributed by atoms with E-state index in [4.69, 9.17) is 23.8 Å². The summed E-state index contributed by atoms with van der Waals surface area (Å²) in [5.41, 5.74) is 7.42. The van der Waals surface area contributed by atoms with Crippen LogP contribution in [0.5, 0.6) is 0 Å². The molecule has 2 N–H and O–H groups in total. The molecular formula is C38H49BN4O6. The lowest BCUT2D eigenvalue weighted by Crippen LogP contribution is -2.51. The van der Waals surface area contributed by atoms with Crippen molar-refractivity contribution in [3.05, 3.63) is 59.5 Å². The molecule has 2 aromatic carbocycles. The van der Waals surface area contributed by atoms with Crippen LogP contribution in [0.2, 0.25) is 0 Å². The second-order valence-corrected chi connectivity index (χ2v) is 15.5. The highest BCUT2D eigenvalue weighted by molar-refractivity contribution is 6.62. The SMILES string of the molecule is COC(=O)NC(C(=O)N1CCCC1c1ncc(-c2ccc(-c3ccc(B4OC(C)(C)C(C)(C)O4)c4c3C3(CCOC3)CC4)cc2)[nH]1)C(C)C. The van der Waals surface area contributed by atoms with Gasteiger partial charge in [-0.1, -0.05) is 50.2 Å². The average molecular weight is 669 g/mol. The van der Waals surface area contributed by atoms with E-state index in [0.29, 0.717) is 6.54 Å². The number of benzene rings is 2. The van der Waals surface area contributed by atoms with E-state index >= 15 is 0 Å². The van der Waals surface area contributed by atoms with E-state index in [0.717, 1.165) is 67.9 Å². The number of nitrogens with zero attached hydrogens (tertiary/aromatic N) is 2. The predicted molar refractivity (Wildman–Crippen MR) is 188 cm³/mol. The highest BCUT2D eigenvalue weighted by Gasteiger charge is 2.54. The maximum Gasteiger partial charge on any atom is 0.495 e. The zero-order valence-corrected chi connectivity index (χ0v) is 29.9. The first-order chi connectivity index (χ1) is 23.3. The number of ether oxygens (including phenoxy) is 2. The molecule has 1 spiro atoms. The smallest absolute Gasteiger partial charge is 0.453 e. The summed E-state index contributed by atoms with van der Waals surface area (Å²) in [6.45, 7) is 14.4. The summed E-state index contributed by atoms with van der Waals surface area (Å²) < 4.78 is 23.9. The zero-order chi connectivity index (χ0) is 34.7. The van der Waals surface area contributed by atoms with Crippen LogP contribution in [0.25, 0.3) is 22.4 Å². The van der Waals surface area contributed by atoms with Crippen LogP contribution in [0.15, 0.2) is 42.6 Å². The van der Waals surface area contributed by atoms with Crippen molar-refractivity contribution in [1.82, 2.24) is 20.2 Å². The fourth-order valence-electron chi connectivity index (χ4n) is 8.14. The van der Waals surface area contributed by atoms with Gasteiger partial charge >= 0.3 is 13.2 Å². The molecule has 0 radical (unpaired) electrons. The molecule has 0 saturated carbocycles. The second kappa shape index (κ2) is 12.6. The van der Waals surface area contributed by atoms with Gasteiger partial charge in [0.1, 0.15) is 11.9 Å². The predicted octanol–water partition coefficient (Wildman–Crippen LogP) is 5.69. The number of nitrogens with one attached hydrogen (secondary N) is 2. The number of imidazole rings is 1. The third-order valence-electron chi connectivity index (χ3n) is 11.7. The van der Waals surface area contributed by atoms with Crippen molar-refractivity contribution in [2.45, 2.75) is 102 Å². The van der Waals surface area contributed by atoms with Gasteiger partial charge in [0.2, 0.25) is 5.91 Å². The monoisotopic (exact) mass is 668 g/mol. The Balaban J connectivity index is 1.15. The number of methoxy groups -OCH3 is 1. The fraction of sp³-hybridized carbons (Fsp3) is 0.553.